The van der Waals surface area contributed by atoms with Crippen LogP contribution in [0.15, 0.2) is 29.3 Å². The Bertz CT molecular complexity index is 423. The first-order chi connectivity index (χ1) is 8.47. The highest BCUT2D eigenvalue weighted by Gasteiger charge is 2.02. The fourth-order valence-corrected chi connectivity index (χ4v) is 1.70. The van der Waals surface area contributed by atoms with Gasteiger partial charge in [0.2, 0.25) is 5.91 Å². The second kappa shape index (κ2) is 7.21. The highest BCUT2D eigenvalue weighted by molar-refractivity contribution is 9.11. The Morgan fingerprint density at radius 2 is 1.94 bits per heavy atom. The van der Waals surface area contributed by atoms with Crippen LogP contribution in [0.3, 0.4) is 0 Å². The van der Waals surface area contributed by atoms with Gasteiger partial charge in [0.1, 0.15) is 5.75 Å². The van der Waals surface area contributed by atoms with Gasteiger partial charge in [-0.1, -0.05) is 28.6 Å². The van der Waals surface area contributed by atoms with Gasteiger partial charge in [0.15, 0.2) is 0 Å². The molecule has 0 aliphatic carbocycles. The first-order valence-electron chi connectivity index (χ1n) is 5.78. The number of carbonyl (C=O) groups excluding carboxylic acids is 1. The topological polar surface area (TPSA) is 38.3 Å². The minimum absolute atomic E-state index is 0.0417. The Morgan fingerprint density at radius 1 is 1.33 bits per heavy atom. The molecule has 0 atom stereocenters. The highest BCUT2D eigenvalue weighted by atomic mass is 79.9. The number of nitrogens with one attached hydrogen (secondary N) is 1. The normalized spacial score (nSPS) is 9.94. The summed E-state index contributed by atoms with van der Waals surface area (Å²) in [6.07, 6.45) is 0.341. The van der Waals surface area contributed by atoms with Gasteiger partial charge in [0.25, 0.3) is 0 Å². The second-order valence-electron chi connectivity index (χ2n) is 4.22. The first kappa shape index (κ1) is 14.8. The Kier molecular flexibility index (Phi) is 5.92. The number of amides is 1. The van der Waals surface area contributed by atoms with E-state index in [1.807, 2.05) is 26.0 Å². The van der Waals surface area contributed by atoms with E-state index in [1.54, 1.807) is 0 Å². The van der Waals surface area contributed by atoms with Crippen molar-refractivity contribution in [3.63, 3.8) is 0 Å². The monoisotopic (exact) mass is 311 g/mol. The number of aryl methyl sites for hydroxylation is 2. The van der Waals surface area contributed by atoms with Crippen molar-refractivity contribution < 1.29 is 9.53 Å². The van der Waals surface area contributed by atoms with Crippen LogP contribution in [0.4, 0.5) is 0 Å². The molecule has 1 N–H and O–H groups in total. The van der Waals surface area contributed by atoms with Crippen LogP contribution in [0.1, 0.15) is 17.5 Å². The summed E-state index contributed by atoms with van der Waals surface area (Å²) in [6.45, 7) is 8.51. The zero-order valence-corrected chi connectivity index (χ0v) is 12.3. The van der Waals surface area contributed by atoms with Crippen molar-refractivity contribution in [1.29, 1.82) is 0 Å². The van der Waals surface area contributed by atoms with E-state index < -0.39 is 0 Å². The van der Waals surface area contributed by atoms with Gasteiger partial charge in [-0.05, 0) is 37.1 Å². The van der Waals surface area contributed by atoms with E-state index in [0.717, 1.165) is 21.4 Å². The van der Waals surface area contributed by atoms with Gasteiger partial charge in [0.05, 0.1) is 13.0 Å². The van der Waals surface area contributed by atoms with Crippen molar-refractivity contribution in [2.24, 2.45) is 0 Å². The third-order valence-electron chi connectivity index (χ3n) is 2.27. The van der Waals surface area contributed by atoms with Crippen molar-refractivity contribution in [1.82, 2.24) is 5.32 Å². The molecule has 0 spiro atoms. The van der Waals surface area contributed by atoms with Gasteiger partial charge in [-0.25, -0.2) is 0 Å². The second-order valence-corrected chi connectivity index (χ2v) is 5.34. The number of hydrogen-bond donors (Lipinski definition) is 1. The van der Waals surface area contributed by atoms with Crippen LogP contribution in [-0.2, 0) is 4.79 Å². The largest absolute Gasteiger partial charge is 0.493 e. The molecular formula is C14H18BrNO2. The lowest BCUT2D eigenvalue weighted by molar-refractivity contribution is -0.121. The molecule has 0 heterocycles. The van der Waals surface area contributed by atoms with Gasteiger partial charge in [-0.3, -0.25) is 4.79 Å². The van der Waals surface area contributed by atoms with Crippen LogP contribution in [0.25, 0.3) is 0 Å². The first-order valence-corrected chi connectivity index (χ1v) is 6.58. The molecule has 3 nitrogen and oxygen atoms in total. The molecule has 18 heavy (non-hydrogen) atoms. The van der Waals surface area contributed by atoms with E-state index in [1.165, 1.54) is 0 Å². The van der Waals surface area contributed by atoms with Gasteiger partial charge >= 0.3 is 0 Å². The lowest BCUT2D eigenvalue weighted by atomic mass is 10.1. The fourth-order valence-electron chi connectivity index (χ4n) is 1.56. The molecule has 0 bridgehead atoms. The Hall–Kier alpha value is -1.29. The van der Waals surface area contributed by atoms with Crippen LogP contribution in [0, 0.1) is 13.8 Å². The molecule has 1 aromatic rings. The van der Waals surface area contributed by atoms with Gasteiger partial charge < -0.3 is 10.1 Å². The summed E-state index contributed by atoms with van der Waals surface area (Å²) in [6, 6.07) is 6.01. The van der Waals surface area contributed by atoms with E-state index in [2.05, 4.69) is 33.9 Å². The lowest BCUT2D eigenvalue weighted by Gasteiger charge is -2.08. The lowest BCUT2D eigenvalue weighted by Crippen LogP contribution is -2.25. The molecule has 1 rings (SSSR count). The summed E-state index contributed by atoms with van der Waals surface area (Å²) in [7, 11) is 0. The predicted octanol–water partition coefficient (Wildman–Crippen LogP) is 3.10. The minimum atomic E-state index is -0.0417. The maximum absolute atomic E-state index is 11.4. The summed E-state index contributed by atoms with van der Waals surface area (Å²) >= 11 is 3.18. The Labute approximate surface area is 116 Å². The van der Waals surface area contributed by atoms with Crippen molar-refractivity contribution in [2.45, 2.75) is 20.3 Å². The van der Waals surface area contributed by atoms with Crippen molar-refractivity contribution in [3.05, 3.63) is 40.4 Å². The van der Waals surface area contributed by atoms with Crippen LogP contribution in [-0.4, -0.2) is 19.1 Å². The molecule has 1 amide bonds. The summed E-state index contributed by atoms with van der Waals surface area (Å²) in [5.41, 5.74) is 2.31. The number of rotatable bonds is 6. The fraction of sp³-hybridized carbons (Fsp3) is 0.357. The van der Waals surface area contributed by atoms with Crippen LogP contribution < -0.4 is 10.1 Å². The smallest absolute Gasteiger partial charge is 0.223 e. The maximum atomic E-state index is 11.4. The van der Waals surface area contributed by atoms with E-state index >= 15 is 0 Å². The standard InChI is InChI=1S/C14H18BrNO2/c1-10-6-11(2)8-13(7-10)18-5-4-14(17)16-9-12(3)15/h6-8H,3-5,9H2,1-2H3,(H,16,17). The van der Waals surface area contributed by atoms with E-state index in [-0.39, 0.29) is 5.91 Å². The SMILES string of the molecule is C=C(Br)CNC(=O)CCOc1cc(C)cc(C)c1. The molecule has 4 heteroatoms. The van der Waals surface area contributed by atoms with Crippen LogP contribution in [0.5, 0.6) is 5.75 Å². The van der Waals surface area contributed by atoms with E-state index in [0.29, 0.717) is 19.6 Å². The molecule has 0 unspecified atom stereocenters. The zero-order chi connectivity index (χ0) is 13.5. The molecule has 0 radical (unpaired) electrons. The van der Waals surface area contributed by atoms with Gasteiger partial charge in [-0.2, -0.15) is 0 Å². The molecule has 0 aromatic heterocycles. The molecule has 0 aliphatic heterocycles. The van der Waals surface area contributed by atoms with Crippen molar-refractivity contribution in [2.75, 3.05) is 13.2 Å². The quantitative estimate of drug-likeness (QED) is 0.876. The molecule has 0 aliphatic rings. The summed E-state index contributed by atoms with van der Waals surface area (Å²) in [5, 5.41) is 2.73. The Balaban J connectivity index is 2.33. The Morgan fingerprint density at radius 3 is 2.50 bits per heavy atom. The minimum Gasteiger partial charge on any atom is -0.493 e. The third kappa shape index (κ3) is 5.87. The molecule has 0 saturated heterocycles. The number of hydrogen-bond acceptors (Lipinski definition) is 2. The number of halogens is 1. The van der Waals surface area contributed by atoms with E-state index in [9.17, 15) is 4.79 Å². The highest BCUT2D eigenvalue weighted by Crippen LogP contribution is 2.16. The number of ether oxygens (including phenoxy) is 1. The van der Waals surface area contributed by atoms with Crippen LogP contribution in [0.2, 0.25) is 0 Å². The molecule has 98 valence electrons. The average molecular weight is 312 g/mol. The summed E-state index contributed by atoms with van der Waals surface area (Å²) < 4.78 is 6.31. The van der Waals surface area contributed by atoms with Crippen LogP contribution >= 0.6 is 15.9 Å². The van der Waals surface area contributed by atoms with Gasteiger partial charge in [0, 0.05) is 11.0 Å². The van der Waals surface area contributed by atoms with E-state index in [4.69, 9.17) is 4.74 Å². The van der Waals surface area contributed by atoms with Crippen molar-refractivity contribution >= 4 is 21.8 Å². The number of benzene rings is 1. The number of carbonyl (C=O) groups is 1. The van der Waals surface area contributed by atoms with Gasteiger partial charge in [-0.15, -0.1) is 0 Å². The zero-order valence-electron chi connectivity index (χ0n) is 10.8. The maximum Gasteiger partial charge on any atom is 0.223 e. The molecule has 1 aromatic carbocycles. The average Bonchev–Trinajstić information content (AvgIpc) is 2.25. The molecular weight excluding hydrogens is 294 g/mol. The third-order valence-corrected chi connectivity index (χ3v) is 2.55. The predicted molar refractivity (Wildman–Crippen MR) is 77.1 cm³/mol. The van der Waals surface area contributed by atoms with Crippen molar-refractivity contribution in [3.8, 4) is 5.75 Å². The summed E-state index contributed by atoms with van der Waals surface area (Å²) in [5.74, 6) is 0.769. The molecule has 0 fully saturated rings. The summed E-state index contributed by atoms with van der Waals surface area (Å²) in [4.78, 5) is 11.4. The molecule has 0 saturated carbocycles.